The van der Waals surface area contributed by atoms with Crippen LogP contribution in [0.4, 0.5) is 0 Å². The monoisotopic (exact) mass is 295 g/mol. The minimum Gasteiger partial charge on any atom is -0.370 e. The first-order valence-electron chi connectivity index (χ1n) is 5.94. The molecule has 0 spiro atoms. The van der Waals surface area contributed by atoms with Crippen molar-refractivity contribution >= 4 is 15.9 Å². The number of primary amides is 1. The molecule has 1 aromatic rings. The number of rotatable bonds is 6. The van der Waals surface area contributed by atoms with Crippen molar-refractivity contribution in [2.75, 3.05) is 0 Å². The average molecular weight is 295 g/mol. The summed E-state index contributed by atoms with van der Waals surface area (Å²) in [6.45, 7) is 3.17. The summed E-state index contributed by atoms with van der Waals surface area (Å²) in [5.41, 5.74) is 4.86. The number of hydrogen-bond donors (Lipinski definition) is 2. The minimum absolute atomic E-state index is 0.0803. The Kier molecular flexibility index (Phi) is 4.87. The summed E-state index contributed by atoms with van der Waals surface area (Å²) in [5, 5.41) is 8.56. The number of carbonyl (C=O) groups is 1. The Labute approximate surface area is 118 Å². The van der Waals surface area contributed by atoms with Gasteiger partial charge in [-0.2, -0.15) is 5.26 Å². The van der Waals surface area contributed by atoms with Crippen molar-refractivity contribution in [2.45, 2.75) is 37.1 Å². The second-order valence-electron chi connectivity index (χ2n) is 5.11. The summed E-state index contributed by atoms with van der Waals surface area (Å²) in [4.78, 5) is 11.0. The number of nitrogens with two attached hydrogens (primary N) is 1. The minimum atomic E-state index is -3.74. The summed E-state index contributed by atoms with van der Waals surface area (Å²) in [6, 6.07) is 8.00. The lowest BCUT2D eigenvalue weighted by atomic mass is 10.0. The van der Waals surface area contributed by atoms with E-state index < -0.39 is 21.5 Å². The fraction of sp³-hybridized carbons (Fsp3) is 0.385. The van der Waals surface area contributed by atoms with Gasteiger partial charge in [0, 0.05) is 12.0 Å². The largest absolute Gasteiger partial charge is 0.370 e. The van der Waals surface area contributed by atoms with Gasteiger partial charge in [-0.3, -0.25) is 4.79 Å². The molecule has 0 saturated carbocycles. The van der Waals surface area contributed by atoms with Gasteiger partial charge in [-0.1, -0.05) is 12.1 Å². The van der Waals surface area contributed by atoms with E-state index in [9.17, 15) is 13.2 Å². The lowest BCUT2D eigenvalue weighted by molar-refractivity contribution is -0.119. The second-order valence-corrected chi connectivity index (χ2v) is 6.79. The quantitative estimate of drug-likeness (QED) is 0.803. The highest BCUT2D eigenvalue weighted by Gasteiger charge is 2.27. The van der Waals surface area contributed by atoms with Gasteiger partial charge in [0.1, 0.15) is 0 Å². The van der Waals surface area contributed by atoms with Gasteiger partial charge in [0.05, 0.1) is 17.4 Å². The van der Waals surface area contributed by atoms with Crippen LogP contribution in [0.15, 0.2) is 29.2 Å². The third kappa shape index (κ3) is 4.64. The van der Waals surface area contributed by atoms with Crippen LogP contribution in [-0.4, -0.2) is 19.9 Å². The molecular formula is C13H17N3O3S. The molecular weight excluding hydrogens is 278 g/mol. The number of nitrogens with zero attached hydrogens (tertiary/aromatic N) is 1. The highest BCUT2D eigenvalue weighted by atomic mass is 32.2. The molecule has 20 heavy (non-hydrogen) atoms. The Morgan fingerprint density at radius 2 is 1.90 bits per heavy atom. The number of nitrogens with one attached hydrogen (secondary N) is 1. The number of amides is 1. The molecule has 3 N–H and O–H groups in total. The Hall–Kier alpha value is -1.91. The van der Waals surface area contributed by atoms with Gasteiger partial charge >= 0.3 is 0 Å². The van der Waals surface area contributed by atoms with Crippen LogP contribution in [-0.2, 0) is 21.2 Å². The lowest BCUT2D eigenvalue weighted by Crippen LogP contribution is -2.45. The average Bonchev–Trinajstić information content (AvgIpc) is 2.26. The SMILES string of the molecule is CC(C)(CC(N)=O)NS(=O)(=O)c1ccc(CC#N)cc1. The normalized spacial score (nSPS) is 11.8. The second kappa shape index (κ2) is 6.03. The van der Waals surface area contributed by atoms with E-state index in [2.05, 4.69) is 4.72 Å². The number of sulfonamides is 1. The molecule has 0 atom stereocenters. The zero-order valence-corrected chi connectivity index (χ0v) is 12.2. The molecule has 1 rings (SSSR count). The molecule has 1 amide bonds. The first kappa shape index (κ1) is 16.1. The summed E-state index contributed by atoms with van der Waals surface area (Å²) in [7, 11) is -3.74. The van der Waals surface area contributed by atoms with E-state index in [1.165, 1.54) is 12.1 Å². The van der Waals surface area contributed by atoms with E-state index in [4.69, 9.17) is 11.0 Å². The predicted molar refractivity (Wildman–Crippen MR) is 74.0 cm³/mol. The number of nitriles is 1. The zero-order chi connectivity index (χ0) is 15.4. The Morgan fingerprint density at radius 3 is 2.35 bits per heavy atom. The van der Waals surface area contributed by atoms with Gasteiger partial charge in [-0.25, -0.2) is 13.1 Å². The summed E-state index contributed by atoms with van der Waals surface area (Å²) in [5.74, 6) is -0.581. The van der Waals surface area contributed by atoms with Crippen molar-refractivity contribution in [3.05, 3.63) is 29.8 Å². The molecule has 0 fully saturated rings. The maximum absolute atomic E-state index is 12.2. The fourth-order valence-corrected chi connectivity index (χ4v) is 3.18. The fourth-order valence-electron chi connectivity index (χ4n) is 1.77. The number of carbonyl (C=O) groups excluding carboxylic acids is 1. The van der Waals surface area contributed by atoms with Crippen LogP contribution in [0.25, 0.3) is 0 Å². The lowest BCUT2D eigenvalue weighted by Gasteiger charge is -2.24. The molecule has 0 bridgehead atoms. The molecule has 0 unspecified atom stereocenters. The third-order valence-electron chi connectivity index (χ3n) is 2.54. The van der Waals surface area contributed by atoms with Gasteiger partial charge in [-0.05, 0) is 31.5 Å². The Balaban J connectivity index is 2.94. The van der Waals surface area contributed by atoms with Crippen molar-refractivity contribution in [3.63, 3.8) is 0 Å². The topological polar surface area (TPSA) is 113 Å². The highest BCUT2D eigenvalue weighted by Crippen LogP contribution is 2.16. The van der Waals surface area contributed by atoms with E-state index >= 15 is 0 Å². The van der Waals surface area contributed by atoms with Crippen molar-refractivity contribution in [3.8, 4) is 6.07 Å². The Bertz CT molecular complexity index is 628. The van der Waals surface area contributed by atoms with E-state index in [1.807, 2.05) is 6.07 Å². The van der Waals surface area contributed by atoms with Gasteiger partial charge in [0.2, 0.25) is 15.9 Å². The van der Waals surface area contributed by atoms with E-state index in [1.54, 1.807) is 26.0 Å². The van der Waals surface area contributed by atoms with E-state index in [0.717, 1.165) is 5.56 Å². The smallest absolute Gasteiger partial charge is 0.241 e. The maximum Gasteiger partial charge on any atom is 0.241 e. The van der Waals surface area contributed by atoms with E-state index in [0.29, 0.717) is 0 Å². The van der Waals surface area contributed by atoms with Crippen LogP contribution in [0.3, 0.4) is 0 Å². The predicted octanol–water partition coefficient (Wildman–Crippen LogP) is 0.685. The Morgan fingerprint density at radius 1 is 1.35 bits per heavy atom. The van der Waals surface area contributed by atoms with Crippen LogP contribution >= 0.6 is 0 Å². The molecule has 0 aliphatic heterocycles. The molecule has 0 heterocycles. The van der Waals surface area contributed by atoms with E-state index in [-0.39, 0.29) is 17.7 Å². The highest BCUT2D eigenvalue weighted by molar-refractivity contribution is 7.89. The molecule has 1 aromatic carbocycles. The standard InChI is InChI=1S/C13H17N3O3S/c1-13(2,9-12(15)17)16-20(18,19)11-5-3-10(4-6-11)7-8-14/h3-6,16H,7,9H2,1-2H3,(H2,15,17). The van der Waals surface area contributed by atoms with Gasteiger partial charge in [0.15, 0.2) is 0 Å². The van der Waals surface area contributed by atoms with Gasteiger partial charge in [0.25, 0.3) is 0 Å². The van der Waals surface area contributed by atoms with Crippen LogP contribution in [0, 0.1) is 11.3 Å². The summed E-state index contributed by atoms with van der Waals surface area (Å²) < 4.78 is 26.8. The molecule has 6 nitrogen and oxygen atoms in total. The number of benzene rings is 1. The number of hydrogen-bond acceptors (Lipinski definition) is 4. The van der Waals surface area contributed by atoms with Gasteiger partial charge in [-0.15, -0.1) is 0 Å². The van der Waals surface area contributed by atoms with Crippen LogP contribution in [0.1, 0.15) is 25.8 Å². The van der Waals surface area contributed by atoms with Crippen molar-refractivity contribution < 1.29 is 13.2 Å². The molecule has 0 aromatic heterocycles. The van der Waals surface area contributed by atoms with Crippen molar-refractivity contribution in [2.24, 2.45) is 5.73 Å². The van der Waals surface area contributed by atoms with Crippen LogP contribution in [0.2, 0.25) is 0 Å². The molecule has 0 saturated heterocycles. The summed E-state index contributed by atoms with van der Waals surface area (Å²) >= 11 is 0. The molecule has 7 heteroatoms. The third-order valence-corrected chi connectivity index (χ3v) is 4.26. The molecule has 0 radical (unpaired) electrons. The first-order chi connectivity index (χ1) is 9.16. The van der Waals surface area contributed by atoms with Crippen LogP contribution in [0.5, 0.6) is 0 Å². The maximum atomic E-state index is 12.2. The zero-order valence-electron chi connectivity index (χ0n) is 11.4. The molecule has 0 aliphatic carbocycles. The molecule has 108 valence electrons. The summed E-state index contributed by atoms with van der Waals surface area (Å²) in [6.07, 6.45) is 0.125. The van der Waals surface area contributed by atoms with Gasteiger partial charge < -0.3 is 5.73 Å². The van der Waals surface area contributed by atoms with Crippen molar-refractivity contribution in [1.29, 1.82) is 5.26 Å². The molecule has 0 aliphatic rings. The van der Waals surface area contributed by atoms with Crippen molar-refractivity contribution in [1.82, 2.24) is 4.72 Å². The first-order valence-corrected chi connectivity index (χ1v) is 7.43. The van der Waals surface area contributed by atoms with Crippen LogP contribution < -0.4 is 10.5 Å².